The summed E-state index contributed by atoms with van der Waals surface area (Å²) in [7, 11) is 0. The van der Waals surface area contributed by atoms with Crippen LogP contribution in [0.1, 0.15) is 39.2 Å². The molecule has 0 radical (unpaired) electrons. The molecule has 0 aromatic heterocycles. The molecular formula is C14H17NS. The van der Waals surface area contributed by atoms with Crippen molar-refractivity contribution in [2.45, 2.75) is 48.7 Å². The monoisotopic (exact) mass is 231 g/mol. The van der Waals surface area contributed by atoms with Crippen molar-refractivity contribution < 1.29 is 0 Å². The number of rotatable bonds is 2. The minimum absolute atomic E-state index is 0.115. The summed E-state index contributed by atoms with van der Waals surface area (Å²) in [4.78, 5) is 1.23. The number of benzene rings is 1. The van der Waals surface area contributed by atoms with Crippen molar-refractivity contribution in [3.8, 4) is 6.07 Å². The van der Waals surface area contributed by atoms with Gasteiger partial charge in [0.15, 0.2) is 0 Å². The zero-order valence-corrected chi connectivity index (χ0v) is 10.9. The predicted octanol–water partition coefficient (Wildman–Crippen LogP) is 4.13. The first kappa shape index (κ1) is 11.5. The highest BCUT2D eigenvalue weighted by Crippen LogP contribution is 2.51. The Morgan fingerprint density at radius 2 is 2.00 bits per heavy atom. The summed E-state index contributed by atoms with van der Waals surface area (Å²) < 4.78 is -0.115. The molecule has 16 heavy (non-hydrogen) atoms. The largest absolute Gasteiger partial charge is 0.197 e. The molecule has 1 fully saturated rings. The first-order valence-electron chi connectivity index (χ1n) is 5.66. The van der Waals surface area contributed by atoms with Gasteiger partial charge in [-0.2, -0.15) is 5.26 Å². The van der Waals surface area contributed by atoms with Crippen LogP contribution in [-0.2, 0) is 5.41 Å². The van der Waals surface area contributed by atoms with E-state index < -0.39 is 0 Å². The van der Waals surface area contributed by atoms with Crippen molar-refractivity contribution >= 4 is 11.8 Å². The summed E-state index contributed by atoms with van der Waals surface area (Å²) in [6.45, 7) is 6.65. The molecule has 1 aromatic carbocycles. The van der Waals surface area contributed by atoms with Crippen molar-refractivity contribution in [2.75, 3.05) is 0 Å². The van der Waals surface area contributed by atoms with Gasteiger partial charge in [-0.3, -0.25) is 0 Å². The SMILES string of the molecule is CC(C)(C)c1cccc(SC2(C#N)CC2)c1. The zero-order chi connectivity index (χ0) is 11.8. The van der Waals surface area contributed by atoms with Gasteiger partial charge >= 0.3 is 0 Å². The van der Waals surface area contributed by atoms with Crippen molar-refractivity contribution in [1.29, 1.82) is 5.26 Å². The van der Waals surface area contributed by atoms with Crippen molar-refractivity contribution in [3.63, 3.8) is 0 Å². The highest BCUT2D eigenvalue weighted by molar-refractivity contribution is 8.01. The van der Waals surface area contributed by atoms with Crippen LogP contribution in [0.3, 0.4) is 0 Å². The Bertz CT molecular complexity index is 433. The molecule has 1 aliphatic carbocycles. The maximum atomic E-state index is 9.08. The van der Waals surface area contributed by atoms with Gasteiger partial charge in [0.2, 0.25) is 0 Å². The third kappa shape index (κ3) is 2.41. The smallest absolute Gasteiger partial charge is 0.107 e. The van der Waals surface area contributed by atoms with Gasteiger partial charge in [0.1, 0.15) is 4.75 Å². The predicted molar refractivity (Wildman–Crippen MR) is 68.6 cm³/mol. The molecule has 0 unspecified atom stereocenters. The van der Waals surface area contributed by atoms with Gasteiger partial charge in [-0.1, -0.05) is 32.9 Å². The first-order chi connectivity index (χ1) is 7.45. The highest BCUT2D eigenvalue weighted by atomic mass is 32.2. The lowest BCUT2D eigenvalue weighted by Gasteiger charge is -2.20. The number of hydrogen-bond donors (Lipinski definition) is 0. The standard InChI is InChI=1S/C14H17NS/c1-13(2,3)11-5-4-6-12(9-11)16-14(10-15)7-8-14/h4-6,9H,7-8H2,1-3H3. The summed E-state index contributed by atoms with van der Waals surface area (Å²) in [5.41, 5.74) is 1.52. The Hall–Kier alpha value is -0.940. The van der Waals surface area contributed by atoms with Crippen LogP contribution in [-0.4, -0.2) is 4.75 Å². The summed E-state index contributed by atoms with van der Waals surface area (Å²) in [6, 6.07) is 11.0. The highest BCUT2D eigenvalue weighted by Gasteiger charge is 2.44. The lowest BCUT2D eigenvalue weighted by atomic mass is 9.87. The molecule has 1 nitrogen and oxygen atoms in total. The molecule has 0 heterocycles. The van der Waals surface area contributed by atoms with Gasteiger partial charge < -0.3 is 0 Å². The lowest BCUT2D eigenvalue weighted by Crippen LogP contribution is -2.10. The Balaban J connectivity index is 2.21. The van der Waals surface area contributed by atoms with Crippen LogP contribution >= 0.6 is 11.8 Å². The molecule has 0 saturated heterocycles. The Morgan fingerprint density at radius 3 is 2.50 bits per heavy atom. The van der Waals surface area contributed by atoms with E-state index in [-0.39, 0.29) is 10.2 Å². The lowest BCUT2D eigenvalue weighted by molar-refractivity contribution is 0.588. The molecule has 2 rings (SSSR count). The molecule has 1 aliphatic rings. The third-order valence-electron chi connectivity index (χ3n) is 2.92. The fraction of sp³-hybridized carbons (Fsp3) is 0.500. The van der Waals surface area contributed by atoms with Crippen LogP contribution in [0.25, 0.3) is 0 Å². The van der Waals surface area contributed by atoms with E-state index >= 15 is 0 Å². The topological polar surface area (TPSA) is 23.8 Å². The van der Waals surface area contributed by atoms with Gasteiger partial charge in [-0.15, -0.1) is 11.8 Å². The molecule has 0 aliphatic heterocycles. The number of thioether (sulfide) groups is 1. The summed E-state index contributed by atoms with van der Waals surface area (Å²) >= 11 is 1.73. The molecule has 0 N–H and O–H groups in total. The summed E-state index contributed by atoms with van der Waals surface area (Å²) in [5, 5.41) is 9.08. The zero-order valence-electron chi connectivity index (χ0n) is 10.1. The molecule has 0 bridgehead atoms. The number of nitrogens with zero attached hydrogens (tertiary/aromatic N) is 1. The maximum Gasteiger partial charge on any atom is 0.107 e. The second-order valence-electron chi connectivity index (χ2n) is 5.49. The van der Waals surface area contributed by atoms with Crippen LogP contribution in [0.2, 0.25) is 0 Å². The van der Waals surface area contributed by atoms with E-state index in [2.05, 4.69) is 51.1 Å². The van der Waals surface area contributed by atoms with Crippen LogP contribution in [0.5, 0.6) is 0 Å². The van der Waals surface area contributed by atoms with Gasteiger partial charge in [0.25, 0.3) is 0 Å². The maximum absolute atomic E-state index is 9.08. The molecule has 1 aromatic rings. The van der Waals surface area contributed by atoms with Crippen LogP contribution < -0.4 is 0 Å². The minimum atomic E-state index is -0.115. The van der Waals surface area contributed by atoms with E-state index in [0.29, 0.717) is 0 Å². The van der Waals surface area contributed by atoms with E-state index in [1.165, 1.54) is 10.5 Å². The molecule has 0 spiro atoms. The minimum Gasteiger partial charge on any atom is -0.197 e. The Labute approximate surface area is 102 Å². The second kappa shape index (κ2) is 3.82. The normalized spacial score (nSPS) is 17.9. The fourth-order valence-electron chi connectivity index (χ4n) is 1.60. The molecular weight excluding hydrogens is 214 g/mol. The van der Waals surface area contributed by atoms with Gasteiger partial charge in [-0.25, -0.2) is 0 Å². The van der Waals surface area contributed by atoms with Crippen molar-refractivity contribution in [3.05, 3.63) is 29.8 Å². The Kier molecular flexibility index (Phi) is 2.75. The summed E-state index contributed by atoms with van der Waals surface area (Å²) in [6.07, 6.45) is 2.07. The molecule has 1 saturated carbocycles. The van der Waals surface area contributed by atoms with E-state index in [1.54, 1.807) is 11.8 Å². The van der Waals surface area contributed by atoms with E-state index in [1.807, 2.05) is 0 Å². The molecule has 2 heteroatoms. The Morgan fingerprint density at radius 1 is 1.31 bits per heavy atom. The average Bonchev–Trinajstić information content (AvgIpc) is 2.98. The molecule has 84 valence electrons. The molecule has 0 amide bonds. The summed E-state index contributed by atoms with van der Waals surface area (Å²) in [5.74, 6) is 0. The van der Waals surface area contributed by atoms with Crippen LogP contribution in [0.4, 0.5) is 0 Å². The first-order valence-corrected chi connectivity index (χ1v) is 6.48. The number of hydrogen-bond acceptors (Lipinski definition) is 2. The number of nitriles is 1. The van der Waals surface area contributed by atoms with E-state index in [0.717, 1.165) is 12.8 Å². The van der Waals surface area contributed by atoms with Gasteiger partial charge in [0.05, 0.1) is 6.07 Å². The third-order valence-corrected chi connectivity index (χ3v) is 4.30. The fourth-order valence-corrected chi connectivity index (χ4v) is 2.74. The van der Waals surface area contributed by atoms with Crippen molar-refractivity contribution in [2.24, 2.45) is 0 Å². The average molecular weight is 231 g/mol. The van der Waals surface area contributed by atoms with E-state index in [4.69, 9.17) is 5.26 Å². The van der Waals surface area contributed by atoms with Gasteiger partial charge in [0, 0.05) is 4.90 Å². The van der Waals surface area contributed by atoms with Gasteiger partial charge in [-0.05, 0) is 36.0 Å². The van der Waals surface area contributed by atoms with Crippen molar-refractivity contribution in [1.82, 2.24) is 0 Å². The second-order valence-corrected chi connectivity index (χ2v) is 6.94. The van der Waals surface area contributed by atoms with Crippen LogP contribution in [0.15, 0.2) is 29.2 Å². The van der Waals surface area contributed by atoms with E-state index in [9.17, 15) is 0 Å². The van der Waals surface area contributed by atoms with Crippen LogP contribution in [0, 0.1) is 11.3 Å². The molecule has 0 atom stereocenters. The quantitative estimate of drug-likeness (QED) is 0.764.